The predicted octanol–water partition coefficient (Wildman–Crippen LogP) is 4.95. The Labute approximate surface area is 126 Å². The van der Waals surface area contributed by atoms with Gasteiger partial charge in [0.2, 0.25) is 0 Å². The Morgan fingerprint density at radius 1 is 1.15 bits per heavy atom. The van der Waals surface area contributed by atoms with Crippen molar-refractivity contribution in [1.82, 2.24) is 9.97 Å². The van der Waals surface area contributed by atoms with Gasteiger partial charge in [-0.2, -0.15) is 0 Å². The molecule has 0 spiro atoms. The highest BCUT2D eigenvalue weighted by atomic mass is 35.5. The Bertz CT molecular complexity index is 579. The van der Waals surface area contributed by atoms with Crippen LogP contribution in [0, 0.1) is 5.92 Å². The molecule has 0 saturated heterocycles. The summed E-state index contributed by atoms with van der Waals surface area (Å²) in [6.07, 6.45) is 2.96. The minimum Gasteiger partial charge on any atom is -0.233 e. The second-order valence-electron chi connectivity index (χ2n) is 5.54. The number of hydrogen-bond acceptors (Lipinski definition) is 2. The highest BCUT2D eigenvalue weighted by Crippen LogP contribution is 2.22. The number of nitrogens with zero attached hydrogens (tertiary/aromatic N) is 2. The quantitative estimate of drug-likeness (QED) is 0.728. The Morgan fingerprint density at radius 2 is 1.95 bits per heavy atom. The van der Waals surface area contributed by atoms with Crippen LogP contribution in [0.1, 0.15) is 38.6 Å². The third-order valence-electron chi connectivity index (χ3n) is 3.08. The van der Waals surface area contributed by atoms with Crippen molar-refractivity contribution in [2.45, 2.75) is 40.0 Å². The summed E-state index contributed by atoms with van der Waals surface area (Å²) in [4.78, 5) is 8.89. The van der Waals surface area contributed by atoms with Crippen molar-refractivity contribution in [2.24, 2.45) is 5.92 Å². The van der Waals surface area contributed by atoms with E-state index in [0.29, 0.717) is 11.1 Å². The van der Waals surface area contributed by atoms with E-state index in [1.165, 1.54) is 5.56 Å². The normalized spacial score (nSPS) is 11.1. The van der Waals surface area contributed by atoms with E-state index in [1.807, 2.05) is 6.07 Å². The molecule has 106 valence electrons. The molecule has 1 aromatic heterocycles. The second-order valence-corrected chi connectivity index (χ2v) is 5.93. The lowest BCUT2D eigenvalue weighted by molar-refractivity contribution is 0.647. The van der Waals surface area contributed by atoms with E-state index in [2.05, 4.69) is 55.0 Å². The molecule has 0 aliphatic carbocycles. The molecule has 1 aromatic carbocycles. The lowest BCUT2D eigenvalue weighted by Gasteiger charge is -2.08. The van der Waals surface area contributed by atoms with Gasteiger partial charge in [0.1, 0.15) is 11.0 Å². The average molecular weight is 289 g/mol. The number of halogens is 1. The summed E-state index contributed by atoms with van der Waals surface area (Å²) >= 11 is 6.11. The van der Waals surface area contributed by atoms with Gasteiger partial charge in [-0.25, -0.2) is 9.97 Å². The highest BCUT2D eigenvalue weighted by Gasteiger charge is 2.06. The van der Waals surface area contributed by atoms with Crippen LogP contribution in [0.5, 0.6) is 0 Å². The van der Waals surface area contributed by atoms with Crippen LogP contribution in [0.4, 0.5) is 0 Å². The molecule has 2 rings (SSSR count). The zero-order valence-corrected chi connectivity index (χ0v) is 13.1. The first-order valence-electron chi connectivity index (χ1n) is 7.21. The molecule has 0 unspecified atom stereocenters. The molecule has 2 aromatic rings. The molecule has 0 atom stereocenters. The number of rotatable bonds is 5. The monoisotopic (exact) mass is 288 g/mol. The maximum atomic E-state index is 6.11. The van der Waals surface area contributed by atoms with E-state index >= 15 is 0 Å². The minimum atomic E-state index is 0.521. The smallest absolute Gasteiger partial charge is 0.133 e. The predicted molar refractivity (Wildman–Crippen MR) is 85.0 cm³/mol. The van der Waals surface area contributed by atoms with Gasteiger partial charge in [0, 0.05) is 18.1 Å². The van der Waals surface area contributed by atoms with Crippen molar-refractivity contribution in [3.63, 3.8) is 0 Å². The van der Waals surface area contributed by atoms with Crippen LogP contribution in [-0.2, 0) is 12.8 Å². The molecular weight excluding hydrogens is 268 g/mol. The van der Waals surface area contributed by atoms with Crippen LogP contribution < -0.4 is 0 Å². The Balaban J connectivity index is 2.35. The number of aryl methyl sites for hydroxylation is 1. The fourth-order valence-corrected chi connectivity index (χ4v) is 2.48. The van der Waals surface area contributed by atoms with Gasteiger partial charge >= 0.3 is 0 Å². The number of hydrogen-bond donors (Lipinski definition) is 0. The van der Waals surface area contributed by atoms with Gasteiger partial charge < -0.3 is 0 Å². The third kappa shape index (κ3) is 4.04. The van der Waals surface area contributed by atoms with Gasteiger partial charge in [0.15, 0.2) is 0 Å². The van der Waals surface area contributed by atoms with E-state index in [-0.39, 0.29) is 0 Å². The van der Waals surface area contributed by atoms with Crippen LogP contribution in [0.2, 0.25) is 5.15 Å². The minimum absolute atomic E-state index is 0.521. The molecule has 0 radical (unpaired) electrons. The largest absolute Gasteiger partial charge is 0.233 e. The van der Waals surface area contributed by atoms with Gasteiger partial charge in [0.05, 0.1) is 5.69 Å². The van der Waals surface area contributed by atoms with Crippen LogP contribution in [-0.4, -0.2) is 9.97 Å². The fourth-order valence-electron chi connectivity index (χ4n) is 2.28. The number of benzene rings is 1. The molecule has 0 aliphatic heterocycles. The van der Waals surface area contributed by atoms with E-state index in [1.54, 1.807) is 0 Å². The van der Waals surface area contributed by atoms with Crippen molar-refractivity contribution in [1.29, 1.82) is 0 Å². The molecule has 2 nitrogen and oxygen atoms in total. The highest BCUT2D eigenvalue weighted by molar-refractivity contribution is 6.29. The molecule has 0 amide bonds. The van der Waals surface area contributed by atoms with Gasteiger partial charge in [-0.1, -0.05) is 50.6 Å². The van der Waals surface area contributed by atoms with Gasteiger partial charge in [-0.05, 0) is 30.4 Å². The third-order valence-corrected chi connectivity index (χ3v) is 3.28. The van der Waals surface area contributed by atoms with Crippen LogP contribution in [0.3, 0.4) is 0 Å². The molecule has 3 heteroatoms. The molecule has 0 bridgehead atoms. The maximum Gasteiger partial charge on any atom is 0.133 e. The van der Waals surface area contributed by atoms with Gasteiger partial charge in [-0.15, -0.1) is 0 Å². The van der Waals surface area contributed by atoms with Crippen molar-refractivity contribution >= 4 is 11.6 Å². The van der Waals surface area contributed by atoms with Crippen LogP contribution in [0.15, 0.2) is 30.3 Å². The zero-order valence-electron chi connectivity index (χ0n) is 12.4. The maximum absolute atomic E-state index is 6.11. The molecule has 0 fully saturated rings. The summed E-state index contributed by atoms with van der Waals surface area (Å²) < 4.78 is 0. The van der Waals surface area contributed by atoms with Crippen molar-refractivity contribution in [2.75, 3.05) is 0 Å². The molecule has 0 N–H and O–H groups in total. The van der Waals surface area contributed by atoms with Crippen molar-refractivity contribution in [3.8, 4) is 11.3 Å². The molecular formula is C17H21ClN2. The molecule has 20 heavy (non-hydrogen) atoms. The summed E-state index contributed by atoms with van der Waals surface area (Å²) in [6, 6.07) is 10.4. The Morgan fingerprint density at radius 3 is 2.65 bits per heavy atom. The summed E-state index contributed by atoms with van der Waals surface area (Å²) in [7, 11) is 0. The van der Waals surface area contributed by atoms with Gasteiger partial charge in [-0.3, -0.25) is 0 Å². The standard InChI is InChI=1S/C17H21ClN2/c1-4-6-17-19-15(11-16(18)20-17)14-8-5-7-13(10-14)9-12(2)3/h5,7-8,10-12H,4,6,9H2,1-3H3. The number of aromatic nitrogens is 2. The van der Waals surface area contributed by atoms with Crippen molar-refractivity contribution in [3.05, 3.63) is 46.9 Å². The molecule has 0 aliphatic rings. The van der Waals surface area contributed by atoms with Crippen LogP contribution in [0.25, 0.3) is 11.3 Å². The van der Waals surface area contributed by atoms with E-state index in [4.69, 9.17) is 11.6 Å². The molecule has 0 saturated carbocycles. The summed E-state index contributed by atoms with van der Waals surface area (Å²) in [5, 5.41) is 0.521. The Hall–Kier alpha value is -1.41. The van der Waals surface area contributed by atoms with E-state index in [9.17, 15) is 0 Å². The average Bonchev–Trinajstić information content (AvgIpc) is 2.38. The van der Waals surface area contributed by atoms with Gasteiger partial charge in [0.25, 0.3) is 0 Å². The Kier molecular flexibility index (Phi) is 5.13. The van der Waals surface area contributed by atoms with Crippen LogP contribution >= 0.6 is 11.6 Å². The second kappa shape index (κ2) is 6.85. The summed E-state index contributed by atoms with van der Waals surface area (Å²) in [6.45, 7) is 6.58. The lowest BCUT2D eigenvalue weighted by atomic mass is 10.00. The van der Waals surface area contributed by atoms with E-state index < -0.39 is 0 Å². The first-order valence-corrected chi connectivity index (χ1v) is 7.59. The lowest BCUT2D eigenvalue weighted by Crippen LogP contribution is -1.98. The fraction of sp³-hybridized carbons (Fsp3) is 0.412. The molecule has 1 heterocycles. The first-order chi connectivity index (χ1) is 9.58. The van der Waals surface area contributed by atoms with Crippen molar-refractivity contribution < 1.29 is 0 Å². The summed E-state index contributed by atoms with van der Waals surface area (Å²) in [5.74, 6) is 1.47. The first kappa shape index (κ1) is 15.0. The SMILES string of the molecule is CCCc1nc(Cl)cc(-c2cccc(CC(C)C)c2)n1. The topological polar surface area (TPSA) is 25.8 Å². The zero-order chi connectivity index (χ0) is 14.5. The summed E-state index contributed by atoms with van der Waals surface area (Å²) in [5.41, 5.74) is 3.37. The van der Waals surface area contributed by atoms with E-state index in [0.717, 1.165) is 36.3 Å².